The smallest absolute Gasteiger partial charge is 0.0877 e. The van der Waals surface area contributed by atoms with Crippen molar-refractivity contribution in [1.29, 1.82) is 0 Å². The first-order valence-electron chi connectivity index (χ1n) is 45.8. The van der Waals surface area contributed by atoms with Crippen molar-refractivity contribution in [1.82, 2.24) is 19.9 Å². The Balaban J connectivity index is 0.000000793. The molecular weight excluding hydrogens is 2350 g/mol. The summed E-state index contributed by atoms with van der Waals surface area (Å²) in [4.78, 5) is 19.3. The Hall–Kier alpha value is -8.00. The van der Waals surface area contributed by atoms with Gasteiger partial charge in [-0.3, -0.25) is 0 Å². The molecule has 0 saturated heterocycles. The molecule has 132 heavy (non-hydrogen) atoms. The van der Waals surface area contributed by atoms with Crippen LogP contribution in [0, 0.1) is 103 Å². The third-order valence-corrected chi connectivity index (χ3v) is 20.6. The molecule has 4 unspecified atom stereocenters. The van der Waals surface area contributed by atoms with Crippen molar-refractivity contribution in [3.63, 3.8) is 0 Å². The molecule has 4 atom stereocenters. The van der Waals surface area contributed by atoms with E-state index in [-0.39, 0.29) is 103 Å². The molecule has 16 heteroatoms. The quantitative estimate of drug-likeness (QED) is 0.0264. The van der Waals surface area contributed by atoms with Crippen LogP contribution in [0.15, 0.2) is 193 Å². The van der Waals surface area contributed by atoms with Gasteiger partial charge in [-0.1, -0.05) is 227 Å². The van der Waals surface area contributed by atoms with Gasteiger partial charge in [0.1, 0.15) is 0 Å². The van der Waals surface area contributed by atoms with E-state index in [0.29, 0.717) is 47.3 Å². The van der Waals surface area contributed by atoms with Gasteiger partial charge in [0.25, 0.3) is 0 Å². The van der Waals surface area contributed by atoms with Gasteiger partial charge >= 0.3 is 0 Å². The first-order valence-corrected chi connectivity index (χ1v) is 45.8. The van der Waals surface area contributed by atoms with E-state index >= 15 is 0 Å². The number of aliphatic hydroxyl groups excluding tert-OH is 8. The molecule has 12 rings (SSSR count). The number of aryl methyl sites for hydroxylation is 8. The van der Waals surface area contributed by atoms with Crippen LogP contribution in [0.4, 0.5) is 0 Å². The molecule has 0 aliphatic carbocycles. The van der Waals surface area contributed by atoms with E-state index in [0.717, 1.165) is 81.8 Å². The fourth-order valence-electron chi connectivity index (χ4n) is 16.1. The Bertz CT molecular complexity index is 5520. The van der Waals surface area contributed by atoms with E-state index < -0.39 is 24.4 Å². The molecular formula is C116H152Ir4N4O8-4. The molecule has 4 heterocycles. The number of aliphatic hydroxyl groups is 8. The molecule has 0 spiro atoms. The van der Waals surface area contributed by atoms with Gasteiger partial charge in [0.15, 0.2) is 0 Å². The van der Waals surface area contributed by atoms with E-state index in [9.17, 15) is 0 Å². The van der Waals surface area contributed by atoms with E-state index in [2.05, 4.69) is 324 Å². The molecule has 0 amide bonds. The fraction of sp³-hybridized carbons (Fsp3) is 0.414. The summed E-state index contributed by atoms with van der Waals surface area (Å²) in [6, 6.07) is 58.6. The Kier molecular flexibility index (Phi) is 54.6. The average molecular weight is 2500 g/mol. The number of benzene rings is 8. The van der Waals surface area contributed by atoms with Crippen molar-refractivity contribution in [3.8, 4) is 45.0 Å². The largest absolute Gasteiger partial charge is 0.513 e. The van der Waals surface area contributed by atoms with Gasteiger partial charge in [-0.2, -0.15) is 0 Å². The first kappa shape index (κ1) is 122. The summed E-state index contributed by atoms with van der Waals surface area (Å²) in [5.41, 5.74) is 29.5. The minimum absolute atomic E-state index is 0. The van der Waals surface area contributed by atoms with E-state index in [1.807, 2.05) is 12.4 Å². The summed E-state index contributed by atoms with van der Waals surface area (Å²) in [6.45, 7) is 65.7. The number of rotatable bonds is 20. The third kappa shape index (κ3) is 40.5. The van der Waals surface area contributed by atoms with Gasteiger partial charge < -0.3 is 60.8 Å². The van der Waals surface area contributed by atoms with Crippen molar-refractivity contribution in [2.45, 2.75) is 295 Å². The second-order valence-corrected chi connectivity index (χ2v) is 37.9. The normalized spacial score (nSPS) is 12.4. The predicted octanol–water partition coefficient (Wildman–Crippen LogP) is 29.9. The number of pyridine rings is 4. The van der Waals surface area contributed by atoms with E-state index in [4.69, 9.17) is 60.8 Å². The van der Waals surface area contributed by atoms with Crippen molar-refractivity contribution in [2.75, 3.05) is 0 Å². The molecule has 8 aromatic carbocycles. The van der Waals surface area contributed by atoms with Gasteiger partial charge in [-0.05, 0) is 275 Å². The summed E-state index contributed by atoms with van der Waals surface area (Å²) >= 11 is 0. The van der Waals surface area contributed by atoms with Gasteiger partial charge in [0, 0.05) is 105 Å². The first-order chi connectivity index (χ1) is 59.9. The Labute approximate surface area is 847 Å². The molecule has 8 N–H and O–H groups in total. The molecule has 12 nitrogen and oxygen atoms in total. The summed E-state index contributed by atoms with van der Waals surface area (Å²) in [5.74, 6) is 5.10. The van der Waals surface area contributed by atoms with Gasteiger partial charge in [0.05, 0.1) is 47.5 Å². The zero-order valence-electron chi connectivity index (χ0n) is 84.6. The Morgan fingerprint density at radius 3 is 0.977 bits per heavy atom. The minimum Gasteiger partial charge on any atom is -0.513 e. The maximum Gasteiger partial charge on any atom is 0.0877 e. The second kappa shape index (κ2) is 59.1. The number of allylic oxidation sites excluding steroid dienone is 4. The van der Waals surface area contributed by atoms with Gasteiger partial charge in [-0.25, -0.2) is 0 Å². The van der Waals surface area contributed by atoms with Crippen LogP contribution < -0.4 is 0 Å². The molecule has 12 aromatic rings. The number of nitrogens with zero attached hydrogens (tertiary/aromatic N) is 4. The number of hydrogen-bond donors (Lipinski definition) is 8. The van der Waals surface area contributed by atoms with Crippen LogP contribution in [0.2, 0.25) is 0 Å². The summed E-state index contributed by atoms with van der Waals surface area (Å²) in [5, 5.41) is 78.1. The van der Waals surface area contributed by atoms with Crippen molar-refractivity contribution >= 4 is 43.1 Å². The van der Waals surface area contributed by atoms with Gasteiger partial charge in [-0.15, -0.1) is 140 Å². The number of fused-ring (bicyclic) bond motifs is 4. The topological polar surface area (TPSA) is 213 Å². The standard InChI is InChI=1S/2C25H30N.2C23H26N.4C5H10O2.4Ir/c1-16(2)9-20-14-21-7-8-26-25(23-12-18(5)11-19(6)13-23)24(21)22(15-20)10-17(3)4;1-16(2)10-20-8-7-9-23-24(20)22(11-17(3)4)15-26-25(23)21-13-18(5)12-19(6)14-21;1-14(2)19-12-18-7-8-24-23(22(18)21(13-19)15(3)4)20-10-16(5)9-17(6)11-20;1-14(2)19-8-7-9-20-22(19)21(15(3)4)13-24-23(20)18-11-16(5)10-17(6)12-18;4*1-4(6)3-5(2)7;;;;/h7-8,11-12,14-17H,9-10H2,1-6H3;7-9,12-13,15-17H,10-11H2,1-6H3;7-10,12-15H,1-6H3;7-11,13-15H,1-6H3;4*3-4,6-7H,1-2H3;;;;/q4*-1;;;;;;;;. The summed E-state index contributed by atoms with van der Waals surface area (Å²) in [7, 11) is 0. The summed E-state index contributed by atoms with van der Waals surface area (Å²) < 4.78 is 0. The number of hydrogen-bond acceptors (Lipinski definition) is 12. The Morgan fingerprint density at radius 1 is 0.303 bits per heavy atom. The van der Waals surface area contributed by atoms with Crippen molar-refractivity contribution in [3.05, 3.63) is 307 Å². The molecule has 0 bridgehead atoms. The average Bonchev–Trinajstić information content (AvgIpc) is 0.774. The summed E-state index contributed by atoms with van der Waals surface area (Å²) in [6.07, 6.45) is 15.7. The maximum absolute atomic E-state index is 8.49. The predicted molar refractivity (Wildman–Crippen MR) is 545 cm³/mol. The second-order valence-electron chi connectivity index (χ2n) is 37.9. The minimum atomic E-state index is -0.537. The monoisotopic (exact) mass is 2500 g/mol. The van der Waals surface area contributed by atoms with Crippen molar-refractivity contribution < 1.29 is 121 Å². The fourth-order valence-corrected chi connectivity index (χ4v) is 16.1. The van der Waals surface area contributed by atoms with Gasteiger partial charge in [0.2, 0.25) is 0 Å². The molecule has 724 valence electrons. The third-order valence-electron chi connectivity index (χ3n) is 20.6. The molecule has 0 saturated carbocycles. The molecule has 0 fully saturated rings. The van der Waals surface area contributed by atoms with E-state index in [1.165, 1.54) is 173 Å². The van der Waals surface area contributed by atoms with Crippen LogP contribution in [0.1, 0.15) is 279 Å². The van der Waals surface area contributed by atoms with Crippen LogP contribution in [0.5, 0.6) is 0 Å². The van der Waals surface area contributed by atoms with Crippen LogP contribution in [0.25, 0.3) is 88.1 Å². The molecule has 4 aromatic heterocycles. The zero-order valence-corrected chi connectivity index (χ0v) is 94.2. The maximum atomic E-state index is 8.49. The van der Waals surface area contributed by atoms with Crippen LogP contribution in [-0.2, 0) is 106 Å². The van der Waals surface area contributed by atoms with Crippen LogP contribution >= 0.6 is 0 Å². The zero-order chi connectivity index (χ0) is 96.0. The van der Waals surface area contributed by atoms with E-state index in [1.54, 1.807) is 27.7 Å². The van der Waals surface area contributed by atoms with Crippen LogP contribution in [0.3, 0.4) is 0 Å². The van der Waals surface area contributed by atoms with Crippen LogP contribution in [-0.4, -0.2) is 85.2 Å². The molecule has 0 aliphatic heterocycles. The number of aromatic nitrogens is 4. The molecule has 0 aliphatic rings. The van der Waals surface area contributed by atoms with Crippen molar-refractivity contribution in [2.24, 2.45) is 23.7 Å². The molecule has 4 radical (unpaired) electrons. The Morgan fingerprint density at radius 2 is 0.636 bits per heavy atom. The SMILES string of the molecule is CC(O)=CC(C)O.CC(O)=CC(C)O.CC(O)=CC(C)O.CC(O)=CC(C)O.Cc1[c-]c(-c2ncc(C(C)C)c3c(C(C)C)cccc23)cc(C)c1.Cc1[c-]c(-c2ncc(CC(C)C)c3c(CC(C)C)cccc23)cc(C)c1.Cc1[c-]c(-c2nccc3cc(C(C)C)cc(C(C)C)c23)cc(C)c1.Cc1[c-]c(-c2nccc3cc(CC(C)C)cc(CC(C)C)c23)cc(C)c1.[Ir].[Ir].[Ir].[Ir].